The van der Waals surface area contributed by atoms with Gasteiger partial charge in [-0.1, -0.05) is 12.1 Å². The molecule has 0 radical (unpaired) electrons. The Morgan fingerprint density at radius 1 is 1.52 bits per heavy atom. The molecule has 0 aromatic carbocycles. The van der Waals surface area contributed by atoms with Crippen molar-refractivity contribution in [2.45, 2.75) is 32.9 Å². The fraction of sp³-hybridized carbons (Fsp3) is 0.385. The molecular formula is C13H16N4O4. The molecule has 2 heterocycles. The van der Waals surface area contributed by atoms with Crippen LogP contribution in [0.4, 0.5) is 0 Å². The highest BCUT2D eigenvalue weighted by Gasteiger charge is 2.23. The topological polar surface area (TPSA) is 110 Å². The number of hydrogen-bond donors (Lipinski definition) is 2. The molecule has 0 aliphatic rings. The molecule has 0 saturated carbocycles. The van der Waals surface area contributed by atoms with Gasteiger partial charge in [-0.2, -0.15) is 0 Å². The van der Waals surface area contributed by atoms with Crippen LogP contribution in [0.25, 0.3) is 11.5 Å². The highest BCUT2D eigenvalue weighted by Crippen LogP contribution is 2.22. The van der Waals surface area contributed by atoms with Gasteiger partial charge < -0.3 is 14.8 Å². The number of carboxylic acids is 1. The van der Waals surface area contributed by atoms with E-state index in [1.54, 1.807) is 12.1 Å². The Hall–Kier alpha value is -2.64. The SMILES string of the molecule is CCC(C)NC(=O)Cn1nnc(C(=O)O)c1-c1ccco1. The zero-order chi connectivity index (χ0) is 15.4. The minimum Gasteiger partial charge on any atom is -0.476 e. The maximum atomic E-state index is 11.9. The second-order valence-corrected chi connectivity index (χ2v) is 4.60. The van der Waals surface area contributed by atoms with E-state index in [4.69, 9.17) is 9.52 Å². The van der Waals surface area contributed by atoms with Gasteiger partial charge in [0.25, 0.3) is 0 Å². The molecule has 1 atom stereocenters. The molecule has 0 aliphatic heterocycles. The molecule has 2 N–H and O–H groups in total. The lowest BCUT2D eigenvalue weighted by Crippen LogP contribution is -2.35. The minimum atomic E-state index is -1.23. The zero-order valence-electron chi connectivity index (χ0n) is 11.7. The first-order chi connectivity index (χ1) is 10.0. The van der Waals surface area contributed by atoms with Crippen LogP contribution in [0.5, 0.6) is 0 Å². The van der Waals surface area contributed by atoms with Gasteiger partial charge in [0.15, 0.2) is 5.76 Å². The van der Waals surface area contributed by atoms with Crippen molar-refractivity contribution in [3.63, 3.8) is 0 Å². The Balaban J connectivity index is 2.28. The predicted molar refractivity (Wildman–Crippen MR) is 72.6 cm³/mol. The average Bonchev–Trinajstić information content (AvgIpc) is 3.06. The summed E-state index contributed by atoms with van der Waals surface area (Å²) < 4.78 is 6.42. The Labute approximate surface area is 120 Å². The number of hydrogen-bond acceptors (Lipinski definition) is 5. The molecule has 2 aromatic heterocycles. The Morgan fingerprint density at radius 2 is 2.29 bits per heavy atom. The lowest BCUT2D eigenvalue weighted by atomic mass is 10.2. The smallest absolute Gasteiger partial charge is 0.358 e. The zero-order valence-corrected chi connectivity index (χ0v) is 11.7. The number of aromatic carboxylic acids is 1. The summed E-state index contributed by atoms with van der Waals surface area (Å²) in [6, 6.07) is 3.25. The van der Waals surface area contributed by atoms with E-state index >= 15 is 0 Å². The molecule has 112 valence electrons. The Bertz CT molecular complexity index is 633. The van der Waals surface area contributed by atoms with Crippen molar-refractivity contribution in [2.24, 2.45) is 0 Å². The summed E-state index contributed by atoms with van der Waals surface area (Å²) in [4.78, 5) is 23.1. The van der Waals surface area contributed by atoms with Crippen molar-refractivity contribution in [1.29, 1.82) is 0 Å². The monoisotopic (exact) mass is 292 g/mol. The van der Waals surface area contributed by atoms with Crippen molar-refractivity contribution in [3.8, 4) is 11.5 Å². The van der Waals surface area contributed by atoms with Crippen molar-refractivity contribution >= 4 is 11.9 Å². The molecule has 0 bridgehead atoms. The Morgan fingerprint density at radius 3 is 2.86 bits per heavy atom. The second kappa shape index (κ2) is 6.21. The third kappa shape index (κ3) is 3.28. The standard InChI is InChI=1S/C13H16N4O4/c1-3-8(2)14-10(18)7-17-12(9-5-4-6-21-9)11(13(19)20)15-16-17/h4-6,8H,3,7H2,1-2H3,(H,14,18)(H,19,20). The summed E-state index contributed by atoms with van der Waals surface area (Å²) in [7, 11) is 0. The van der Waals surface area contributed by atoms with Gasteiger partial charge in [-0.3, -0.25) is 4.79 Å². The van der Waals surface area contributed by atoms with Crippen LogP contribution >= 0.6 is 0 Å². The fourth-order valence-corrected chi connectivity index (χ4v) is 1.78. The molecule has 0 saturated heterocycles. The van der Waals surface area contributed by atoms with Crippen LogP contribution in [0.15, 0.2) is 22.8 Å². The second-order valence-electron chi connectivity index (χ2n) is 4.60. The van der Waals surface area contributed by atoms with Crippen molar-refractivity contribution < 1.29 is 19.1 Å². The number of nitrogens with one attached hydrogen (secondary N) is 1. The van der Waals surface area contributed by atoms with Crippen molar-refractivity contribution in [1.82, 2.24) is 20.3 Å². The molecule has 0 spiro atoms. The summed E-state index contributed by atoms with van der Waals surface area (Å²) in [6.07, 6.45) is 2.21. The van der Waals surface area contributed by atoms with Gasteiger partial charge in [0.05, 0.1) is 6.26 Å². The number of carboxylic acid groups (broad SMARTS) is 1. The molecule has 1 amide bonds. The minimum absolute atomic E-state index is 0.0343. The van der Waals surface area contributed by atoms with E-state index in [0.29, 0.717) is 5.76 Å². The van der Waals surface area contributed by atoms with Crippen LogP contribution in [0.3, 0.4) is 0 Å². The van der Waals surface area contributed by atoms with E-state index in [2.05, 4.69) is 15.6 Å². The lowest BCUT2D eigenvalue weighted by Gasteiger charge is -2.11. The molecule has 1 unspecified atom stereocenters. The van der Waals surface area contributed by atoms with Gasteiger partial charge >= 0.3 is 5.97 Å². The number of nitrogens with zero attached hydrogens (tertiary/aromatic N) is 3. The van der Waals surface area contributed by atoms with E-state index in [9.17, 15) is 9.59 Å². The number of carbonyl (C=O) groups is 2. The van der Waals surface area contributed by atoms with Crippen LogP contribution in [0.2, 0.25) is 0 Å². The maximum Gasteiger partial charge on any atom is 0.358 e. The largest absolute Gasteiger partial charge is 0.476 e. The van der Waals surface area contributed by atoms with Crippen LogP contribution in [-0.2, 0) is 11.3 Å². The van der Waals surface area contributed by atoms with Gasteiger partial charge in [-0.25, -0.2) is 9.48 Å². The number of furan rings is 1. The van der Waals surface area contributed by atoms with Gasteiger partial charge in [-0.05, 0) is 25.5 Å². The first-order valence-electron chi connectivity index (χ1n) is 6.53. The highest BCUT2D eigenvalue weighted by molar-refractivity contribution is 5.92. The Kier molecular flexibility index (Phi) is 4.36. The first-order valence-corrected chi connectivity index (χ1v) is 6.53. The van der Waals surface area contributed by atoms with E-state index in [-0.39, 0.29) is 29.9 Å². The van der Waals surface area contributed by atoms with Gasteiger partial charge in [0, 0.05) is 6.04 Å². The third-order valence-corrected chi connectivity index (χ3v) is 3.01. The quantitative estimate of drug-likeness (QED) is 0.826. The van der Waals surface area contributed by atoms with Crippen molar-refractivity contribution in [2.75, 3.05) is 0 Å². The van der Waals surface area contributed by atoms with E-state index in [1.807, 2.05) is 13.8 Å². The molecule has 2 rings (SSSR count). The molecule has 0 aliphatic carbocycles. The van der Waals surface area contributed by atoms with Crippen LogP contribution in [0, 0.1) is 0 Å². The molecule has 21 heavy (non-hydrogen) atoms. The molecule has 8 nitrogen and oxygen atoms in total. The van der Waals surface area contributed by atoms with E-state index in [1.165, 1.54) is 10.9 Å². The van der Waals surface area contributed by atoms with Crippen LogP contribution in [0.1, 0.15) is 30.8 Å². The summed E-state index contributed by atoms with van der Waals surface area (Å²) >= 11 is 0. The number of carbonyl (C=O) groups excluding carboxylic acids is 1. The summed E-state index contributed by atoms with van der Waals surface area (Å²) in [5.41, 5.74) is -0.0758. The molecule has 0 fully saturated rings. The van der Waals surface area contributed by atoms with Gasteiger partial charge in [-0.15, -0.1) is 5.10 Å². The van der Waals surface area contributed by atoms with E-state index < -0.39 is 5.97 Å². The molecule has 8 heteroatoms. The summed E-state index contributed by atoms with van der Waals surface area (Å²) in [5, 5.41) is 19.2. The number of rotatable bonds is 6. The van der Waals surface area contributed by atoms with Gasteiger partial charge in [0.2, 0.25) is 11.6 Å². The normalized spacial score (nSPS) is 12.1. The molecular weight excluding hydrogens is 276 g/mol. The van der Waals surface area contributed by atoms with Crippen LogP contribution < -0.4 is 5.32 Å². The summed E-state index contributed by atoms with van der Waals surface area (Å²) in [6.45, 7) is 3.72. The van der Waals surface area contributed by atoms with Gasteiger partial charge in [0.1, 0.15) is 12.2 Å². The first kappa shape index (κ1) is 14.8. The van der Waals surface area contributed by atoms with Crippen LogP contribution in [-0.4, -0.2) is 38.0 Å². The average molecular weight is 292 g/mol. The van der Waals surface area contributed by atoms with E-state index in [0.717, 1.165) is 6.42 Å². The lowest BCUT2D eigenvalue weighted by molar-refractivity contribution is -0.122. The van der Waals surface area contributed by atoms with Crippen molar-refractivity contribution in [3.05, 3.63) is 24.1 Å². The predicted octanol–water partition coefficient (Wildman–Crippen LogP) is 1.15. The number of aromatic nitrogens is 3. The maximum absolute atomic E-state index is 11.9. The fourth-order valence-electron chi connectivity index (χ4n) is 1.78. The summed E-state index contributed by atoms with van der Waals surface area (Å²) in [5.74, 6) is -1.19. The highest BCUT2D eigenvalue weighted by atomic mass is 16.4. The number of amides is 1. The molecule has 2 aromatic rings. The third-order valence-electron chi connectivity index (χ3n) is 3.01.